The van der Waals surface area contributed by atoms with Gasteiger partial charge in [-0.05, 0) is 24.9 Å². The van der Waals surface area contributed by atoms with E-state index in [9.17, 15) is 0 Å². The quantitative estimate of drug-likeness (QED) is 0.686. The van der Waals surface area contributed by atoms with Crippen molar-refractivity contribution >= 4 is 22.4 Å². The fraction of sp³-hybridized carbons (Fsp3) is 0.625. The fourth-order valence-electron chi connectivity index (χ4n) is 0.902. The Hall–Kier alpha value is -0.810. The summed E-state index contributed by atoms with van der Waals surface area (Å²) in [5.41, 5.74) is 5.47. The minimum atomic E-state index is 0.581. The lowest BCUT2D eigenvalue weighted by atomic mass is 10.4. The van der Waals surface area contributed by atoms with Crippen LogP contribution in [0.3, 0.4) is 0 Å². The highest BCUT2D eigenvalue weighted by atomic mass is 32.1. The van der Waals surface area contributed by atoms with Crippen molar-refractivity contribution in [3.8, 4) is 0 Å². The van der Waals surface area contributed by atoms with Crippen molar-refractivity contribution < 1.29 is 4.74 Å². The van der Waals surface area contributed by atoms with E-state index in [1.54, 1.807) is 0 Å². The van der Waals surface area contributed by atoms with E-state index >= 15 is 0 Å². The predicted molar refractivity (Wildman–Crippen MR) is 56.1 cm³/mol. The minimum Gasteiger partial charge on any atom is -0.383 e. The highest BCUT2D eigenvalue weighted by Crippen LogP contribution is 2.16. The third-order valence-electron chi connectivity index (χ3n) is 1.50. The molecule has 0 aliphatic rings. The molecule has 0 aliphatic heterocycles. The maximum Gasteiger partial charge on any atom is 0.139 e. The number of ether oxygens (including phenoxy) is 1. The molecule has 1 aromatic heterocycles. The van der Waals surface area contributed by atoms with Crippen LogP contribution in [0.1, 0.15) is 13.3 Å². The molecule has 0 amide bonds. The summed E-state index contributed by atoms with van der Waals surface area (Å²) in [6.07, 6.45) is 1.01. The molecule has 13 heavy (non-hydrogen) atoms. The van der Waals surface area contributed by atoms with Gasteiger partial charge in [0.25, 0.3) is 0 Å². The lowest BCUT2D eigenvalue weighted by Crippen LogP contribution is -2.04. The van der Waals surface area contributed by atoms with Crippen LogP contribution in [0.5, 0.6) is 0 Å². The van der Waals surface area contributed by atoms with Gasteiger partial charge in [-0.1, -0.05) is 0 Å². The van der Waals surface area contributed by atoms with E-state index in [0.717, 1.165) is 31.2 Å². The molecule has 1 rings (SSSR count). The first kappa shape index (κ1) is 10.3. The zero-order valence-electron chi connectivity index (χ0n) is 7.75. The summed E-state index contributed by atoms with van der Waals surface area (Å²) in [6.45, 7) is 4.49. The average Bonchev–Trinajstić information content (AvgIpc) is 2.51. The lowest BCUT2D eigenvalue weighted by Gasteiger charge is -2.02. The van der Waals surface area contributed by atoms with Crippen LogP contribution < -0.4 is 11.1 Å². The van der Waals surface area contributed by atoms with Crippen LogP contribution in [0.25, 0.3) is 0 Å². The second kappa shape index (κ2) is 5.77. The number of nitrogens with two attached hydrogens (primary N) is 1. The zero-order chi connectivity index (χ0) is 9.52. The van der Waals surface area contributed by atoms with Crippen LogP contribution in [0.15, 0.2) is 6.07 Å². The zero-order valence-corrected chi connectivity index (χ0v) is 8.56. The molecule has 0 radical (unpaired) electrons. The number of nitrogen functional groups attached to an aromatic ring is 1. The summed E-state index contributed by atoms with van der Waals surface area (Å²) >= 11 is 1.39. The van der Waals surface area contributed by atoms with Gasteiger partial charge in [0.1, 0.15) is 10.8 Å². The molecule has 0 atom stereocenters. The van der Waals surface area contributed by atoms with Crippen LogP contribution in [0.4, 0.5) is 10.8 Å². The molecule has 0 aliphatic carbocycles. The Morgan fingerprint density at radius 1 is 1.69 bits per heavy atom. The summed E-state index contributed by atoms with van der Waals surface area (Å²) in [6, 6.07) is 1.84. The third-order valence-corrected chi connectivity index (χ3v) is 2.26. The SMILES string of the molecule is CCOCCCNc1cc(N)ns1. The average molecular weight is 201 g/mol. The summed E-state index contributed by atoms with van der Waals surface area (Å²) in [4.78, 5) is 0. The highest BCUT2D eigenvalue weighted by molar-refractivity contribution is 7.10. The first-order valence-corrected chi connectivity index (χ1v) is 5.14. The molecule has 4 nitrogen and oxygen atoms in total. The third kappa shape index (κ3) is 4.10. The van der Waals surface area contributed by atoms with Crippen molar-refractivity contribution in [3.63, 3.8) is 0 Å². The van der Waals surface area contributed by atoms with Crippen LogP contribution in [0.2, 0.25) is 0 Å². The van der Waals surface area contributed by atoms with Gasteiger partial charge in [0.15, 0.2) is 0 Å². The number of nitrogens with zero attached hydrogens (tertiary/aromatic N) is 1. The van der Waals surface area contributed by atoms with E-state index in [4.69, 9.17) is 10.5 Å². The molecule has 0 saturated carbocycles. The van der Waals surface area contributed by atoms with Gasteiger partial charge in [0.05, 0.1) is 0 Å². The molecule has 0 saturated heterocycles. The fourth-order valence-corrected chi connectivity index (χ4v) is 1.50. The van der Waals surface area contributed by atoms with Gasteiger partial charge >= 0.3 is 0 Å². The number of hydrogen-bond donors (Lipinski definition) is 2. The number of hydrogen-bond acceptors (Lipinski definition) is 5. The molecule has 0 unspecified atom stereocenters. The first-order chi connectivity index (χ1) is 6.33. The van der Waals surface area contributed by atoms with Gasteiger partial charge in [-0.2, -0.15) is 4.37 Å². The molecule has 0 spiro atoms. The minimum absolute atomic E-state index is 0.581. The Labute approximate surface area is 82.3 Å². The maximum absolute atomic E-state index is 5.47. The van der Waals surface area contributed by atoms with Crippen molar-refractivity contribution in [2.24, 2.45) is 0 Å². The van der Waals surface area contributed by atoms with Gasteiger partial charge in [-0.15, -0.1) is 0 Å². The van der Waals surface area contributed by atoms with Crippen molar-refractivity contribution in [3.05, 3.63) is 6.07 Å². The van der Waals surface area contributed by atoms with Crippen LogP contribution in [-0.4, -0.2) is 24.1 Å². The summed E-state index contributed by atoms with van der Waals surface area (Å²) in [7, 11) is 0. The Morgan fingerprint density at radius 3 is 3.15 bits per heavy atom. The topological polar surface area (TPSA) is 60.2 Å². The number of nitrogens with one attached hydrogen (secondary N) is 1. The number of anilines is 2. The van der Waals surface area contributed by atoms with Crippen LogP contribution in [0, 0.1) is 0 Å². The van der Waals surface area contributed by atoms with E-state index in [-0.39, 0.29) is 0 Å². The first-order valence-electron chi connectivity index (χ1n) is 4.36. The Morgan fingerprint density at radius 2 is 2.54 bits per heavy atom. The maximum atomic E-state index is 5.47. The lowest BCUT2D eigenvalue weighted by molar-refractivity contribution is 0.147. The van der Waals surface area contributed by atoms with E-state index < -0.39 is 0 Å². The Balaban J connectivity index is 2.06. The van der Waals surface area contributed by atoms with Crippen molar-refractivity contribution in [1.82, 2.24) is 4.37 Å². The van der Waals surface area contributed by atoms with Gasteiger partial charge in [0.2, 0.25) is 0 Å². The molecular formula is C8H15N3OS. The Bertz CT molecular complexity index is 239. The van der Waals surface area contributed by atoms with Crippen LogP contribution in [-0.2, 0) is 4.74 Å². The van der Waals surface area contributed by atoms with E-state index in [0.29, 0.717) is 5.82 Å². The normalized spacial score (nSPS) is 10.2. The molecule has 5 heteroatoms. The number of aromatic nitrogens is 1. The standard InChI is InChI=1S/C8H15N3OS/c1-2-12-5-3-4-10-8-6-7(9)11-13-8/h6,10H,2-5H2,1H3,(H2,9,11). The van der Waals surface area contributed by atoms with E-state index in [1.807, 2.05) is 13.0 Å². The molecule has 1 heterocycles. The largest absolute Gasteiger partial charge is 0.383 e. The monoisotopic (exact) mass is 201 g/mol. The van der Waals surface area contributed by atoms with Gasteiger partial charge in [-0.25, -0.2) is 0 Å². The van der Waals surface area contributed by atoms with Gasteiger partial charge < -0.3 is 15.8 Å². The molecule has 0 aromatic carbocycles. The molecule has 0 fully saturated rings. The van der Waals surface area contributed by atoms with Gasteiger partial charge in [-0.3, -0.25) is 0 Å². The Kier molecular flexibility index (Phi) is 4.56. The molecule has 0 bridgehead atoms. The summed E-state index contributed by atoms with van der Waals surface area (Å²) in [5.74, 6) is 0.581. The highest BCUT2D eigenvalue weighted by Gasteiger charge is 1.96. The smallest absolute Gasteiger partial charge is 0.139 e. The predicted octanol–water partition coefficient (Wildman–Crippen LogP) is 1.56. The number of rotatable bonds is 6. The second-order valence-electron chi connectivity index (χ2n) is 2.59. The van der Waals surface area contributed by atoms with Gasteiger partial charge in [0, 0.05) is 25.8 Å². The van der Waals surface area contributed by atoms with E-state index in [1.165, 1.54) is 11.5 Å². The van der Waals surface area contributed by atoms with Crippen molar-refractivity contribution in [1.29, 1.82) is 0 Å². The van der Waals surface area contributed by atoms with E-state index in [2.05, 4.69) is 9.69 Å². The van der Waals surface area contributed by atoms with Crippen LogP contribution >= 0.6 is 11.5 Å². The molecule has 74 valence electrons. The van der Waals surface area contributed by atoms with Crippen molar-refractivity contribution in [2.45, 2.75) is 13.3 Å². The second-order valence-corrected chi connectivity index (χ2v) is 3.40. The molecule has 1 aromatic rings. The molecular weight excluding hydrogens is 186 g/mol. The summed E-state index contributed by atoms with van der Waals surface area (Å²) in [5, 5.41) is 4.24. The van der Waals surface area contributed by atoms with Crippen molar-refractivity contribution in [2.75, 3.05) is 30.8 Å². The summed E-state index contributed by atoms with van der Waals surface area (Å²) < 4.78 is 9.16. The molecule has 3 N–H and O–H groups in total.